The number of thiophene rings is 1. The summed E-state index contributed by atoms with van der Waals surface area (Å²) < 4.78 is 2.17. The highest BCUT2D eigenvalue weighted by molar-refractivity contribution is 7.13. The lowest BCUT2D eigenvalue weighted by Gasteiger charge is -2.21. The van der Waals surface area contributed by atoms with Crippen LogP contribution in [0.15, 0.2) is 54.2 Å². The smallest absolute Gasteiger partial charge is 0.150 e. The molecule has 0 saturated carbocycles. The molecule has 0 saturated heterocycles. The van der Waals surface area contributed by atoms with Gasteiger partial charge in [0.1, 0.15) is 0 Å². The third kappa shape index (κ3) is 2.28. The molecule has 0 spiro atoms. The molecule has 2 N–H and O–H groups in total. The molecule has 0 amide bonds. The van der Waals surface area contributed by atoms with Crippen molar-refractivity contribution >= 4 is 11.3 Å². The maximum Gasteiger partial charge on any atom is 0.150 e. The molecule has 4 heteroatoms. The van der Waals surface area contributed by atoms with Gasteiger partial charge in [-0.3, -0.25) is 0 Å². The van der Waals surface area contributed by atoms with E-state index in [0.29, 0.717) is 6.54 Å². The van der Waals surface area contributed by atoms with Crippen LogP contribution >= 0.6 is 11.3 Å². The van der Waals surface area contributed by atoms with Crippen molar-refractivity contribution in [1.29, 1.82) is 0 Å². The lowest BCUT2D eigenvalue weighted by molar-refractivity contribution is 0.598. The van der Waals surface area contributed by atoms with Crippen LogP contribution in [0.2, 0.25) is 0 Å². The van der Waals surface area contributed by atoms with E-state index in [4.69, 9.17) is 5.73 Å². The minimum atomic E-state index is 0.121. The molecule has 3 nitrogen and oxygen atoms in total. The number of nitrogens with zero attached hydrogens (tertiary/aromatic N) is 2. The van der Waals surface area contributed by atoms with Gasteiger partial charge in [0, 0.05) is 18.9 Å². The van der Waals surface area contributed by atoms with Crippen molar-refractivity contribution in [3.63, 3.8) is 0 Å². The van der Waals surface area contributed by atoms with E-state index in [9.17, 15) is 0 Å². The molecule has 20 heavy (non-hydrogen) atoms. The summed E-state index contributed by atoms with van der Waals surface area (Å²) in [6.07, 6.45) is 3.86. The SMILES string of the molecule is Cc1ccccc1C(CN)n1ccnc1-c1cccs1. The summed E-state index contributed by atoms with van der Waals surface area (Å²) in [5, 5.41) is 2.07. The second-order valence-electron chi connectivity index (χ2n) is 4.74. The van der Waals surface area contributed by atoms with Gasteiger partial charge in [-0.25, -0.2) is 4.98 Å². The zero-order valence-electron chi connectivity index (χ0n) is 11.4. The molecular formula is C16H17N3S. The fraction of sp³-hybridized carbons (Fsp3) is 0.188. The Morgan fingerprint density at radius 3 is 2.80 bits per heavy atom. The molecule has 3 rings (SSSR count). The summed E-state index contributed by atoms with van der Waals surface area (Å²) in [6, 6.07) is 12.6. The summed E-state index contributed by atoms with van der Waals surface area (Å²) in [6.45, 7) is 2.68. The first-order chi connectivity index (χ1) is 9.81. The minimum Gasteiger partial charge on any atom is -0.328 e. The first kappa shape index (κ1) is 13.1. The number of hydrogen-bond acceptors (Lipinski definition) is 3. The van der Waals surface area contributed by atoms with Crippen LogP contribution in [0, 0.1) is 6.92 Å². The van der Waals surface area contributed by atoms with Crippen LogP contribution in [0.25, 0.3) is 10.7 Å². The molecule has 0 aliphatic rings. The Balaban J connectivity index is 2.08. The van der Waals surface area contributed by atoms with E-state index in [2.05, 4.69) is 52.2 Å². The molecule has 3 aromatic rings. The summed E-state index contributed by atoms with van der Waals surface area (Å²) in [4.78, 5) is 5.67. The Kier molecular flexibility index (Phi) is 3.67. The number of imidazole rings is 1. The topological polar surface area (TPSA) is 43.8 Å². The molecule has 1 aromatic carbocycles. The van der Waals surface area contributed by atoms with Gasteiger partial charge in [0.25, 0.3) is 0 Å². The number of aromatic nitrogens is 2. The van der Waals surface area contributed by atoms with Crippen LogP contribution in [0.5, 0.6) is 0 Å². The Morgan fingerprint density at radius 2 is 2.10 bits per heavy atom. The molecule has 1 atom stereocenters. The lowest BCUT2D eigenvalue weighted by atomic mass is 10.0. The highest BCUT2D eigenvalue weighted by Gasteiger charge is 2.18. The first-order valence-corrected chi connectivity index (χ1v) is 7.51. The zero-order valence-corrected chi connectivity index (χ0v) is 12.2. The molecule has 2 aromatic heterocycles. The van der Waals surface area contributed by atoms with Gasteiger partial charge in [0.05, 0.1) is 10.9 Å². The van der Waals surface area contributed by atoms with E-state index >= 15 is 0 Å². The van der Waals surface area contributed by atoms with Gasteiger partial charge >= 0.3 is 0 Å². The number of hydrogen-bond donors (Lipinski definition) is 1. The average molecular weight is 283 g/mol. The largest absolute Gasteiger partial charge is 0.328 e. The van der Waals surface area contributed by atoms with E-state index in [1.54, 1.807) is 11.3 Å². The van der Waals surface area contributed by atoms with Crippen LogP contribution in [0.1, 0.15) is 17.2 Å². The average Bonchev–Trinajstić information content (AvgIpc) is 3.11. The van der Waals surface area contributed by atoms with Crippen molar-refractivity contribution < 1.29 is 0 Å². The van der Waals surface area contributed by atoms with E-state index in [1.807, 2.05) is 18.5 Å². The van der Waals surface area contributed by atoms with Gasteiger partial charge in [-0.1, -0.05) is 30.3 Å². The second kappa shape index (κ2) is 5.61. The Labute approximate surface area is 122 Å². The quantitative estimate of drug-likeness (QED) is 0.796. The van der Waals surface area contributed by atoms with Crippen LogP contribution in [-0.4, -0.2) is 16.1 Å². The van der Waals surface area contributed by atoms with E-state index < -0.39 is 0 Å². The number of aryl methyl sites for hydroxylation is 1. The molecule has 1 unspecified atom stereocenters. The van der Waals surface area contributed by atoms with E-state index in [0.717, 1.165) is 5.82 Å². The van der Waals surface area contributed by atoms with Gasteiger partial charge in [0.2, 0.25) is 0 Å². The van der Waals surface area contributed by atoms with Gasteiger partial charge in [-0.2, -0.15) is 0 Å². The third-order valence-corrected chi connectivity index (χ3v) is 4.38. The van der Waals surface area contributed by atoms with E-state index in [-0.39, 0.29) is 6.04 Å². The lowest BCUT2D eigenvalue weighted by Crippen LogP contribution is -2.21. The molecule has 0 bridgehead atoms. The number of nitrogens with two attached hydrogens (primary N) is 1. The number of benzene rings is 1. The fourth-order valence-corrected chi connectivity index (χ4v) is 3.24. The molecular weight excluding hydrogens is 266 g/mol. The van der Waals surface area contributed by atoms with Crippen LogP contribution in [0.3, 0.4) is 0 Å². The van der Waals surface area contributed by atoms with Crippen molar-refractivity contribution in [3.8, 4) is 10.7 Å². The van der Waals surface area contributed by atoms with Gasteiger partial charge in [-0.15, -0.1) is 11.3 Å². The van der Waals surface area contributed by atoms with Crippen molar-refractivity contribution in [3.05, 3.63) is 65.3 Å². The van der Waals surface area contributed by atoms with Gasteiger partial charge < -0.3 is 10.3 Å². The molecule has 102 valence electrons. The molecule has 0 fully saturated rings. The van der Waals surface area contributed by atoms with Crippen molar-refractivity contribution in [2.75, 3.05) is 6.54 Å². The maximum absolute atomic E-state index is 6.04. The van der Waals surface area contributed by atoms with Crippen molar-refractivity contribution in [2.45, 2.75) is 13.0 Å². The summed E-state index contributed by atoms with van der Waals surface area (Å²) in [5.41, 5.74) is 8.56. The first-order valence-electron chi connectivity index (χ1n) is 6.63. The fourth-order valence-electron chi connectivity index (χ4n) is 2.51. The summed E-state index contributed by atoms with van der Waals surface area (Å²) in [5.74, 6) is 0.985. The highest BCUT2D eigenvalue weighted by Crippen LogP contribution is 2.29. The van der Waals surface area contributed by atoms with Crippen LogP contribution in [0.4, 0.5) is 0 Å². The van der Waals surface area contributed by atoms with Crippen molar-refractivity contribution in [1.82, 2.24) is 9.55 Å². The minimum absolute atomic E-state index is 0.121. The standard InChI is InChI=1S/C16H17N3S/c1-12-5-2-3-6-13(12)14(11-17)19-9-8-18-16(19)15-7-4-10-20-15/h2-10,14H,11,17H2,1H3. The predicted octanol–water partition coefficient (Wildman–Crippen LogP) is 3.47. The normalized spacial score (nSPS) is 12.5. The molecule has 0 aliphatic heterocycles. The summed E-state index contributed by atoms with van der Waals surface area (Å²) in [7, 11) is 0. The Morgan fingerprint density at radius 1 is 1.25 bits per heavy atom. The molecule has 0 aliphatic carbocycles. The van der Waals surface area contributed by atoms with Crippen molar-refractivity contribution in [2.24, 2.45) is 5.73 Å². The number of rotatable bonds is 4. The van der Waals surface area contributed by atoms with Crippen LogP contribution < -0.4 is 5.73 Å². The van der Waals surface area contributed by atoms with Gasteiger partial charge in [0.15, 0.2) is 5.82 Å². The second-order valence-corrected chi connectivity index (χ2v) is 5.69. The Hall–Kier alpha value is -1.91. The van der Waals surface area contributed by atoms with Gasteiger partial charge in [-0.05, 0) is 29.5 Å². The highest BCUT2D eigenvalue weighted by atomic mass is 32.1. The monoisotopic (exact) mass is 283 g/mol. The third-order valence-electron chi connectivity index (χ3n) is 3.52. The molecule has 2 heterocycles. The molecule has 0 radical (unpaired) electrons. The van der Waals surface area contributed by atoms with Crippen LogP contribution in [-0.2, 0) is 0 Å². The zero-order chi connectivity index (χ0) is 13.9. The predicted molar refractivity (Wildman–Crippen MR) is 83.9 cm³/mol. The maximum atomic E-state index is 6.04. The Bertz CT molecular complexity index is 685. The summed E-state index contributed by atoms with van der Waals surface area (Å²) >= 11 is 1.70. The van der Waals surface area contributed by atoms with E-state index in [1.165, 1.54) is 16.0 Å².